The van der Waals surface area contributed by atoms with E-state index in [1.54, 1.807) is 6.92 Å². The number of rotatable bonds is 2. The van der Waals surface area contributed by atoms with Crippen molar-refractivity contribution in [2.45, 2.75) is 31.6 Å². The number of benzene rings is 1. The van der Waals surface area contributed by atoms with Gasteiger partial charge in [0, 0.05) is 37.6 Å². The van der Waals surface area contributed by atoms with Crippen molar-refractivity contribution >= 4 is 27.7 Å². The van der Waals surface area contributed by atoms with Gasteiger partial charge in [0.1, 0.15) is 0 Å². The van der Waals surface area contributed by atoms with E-state index in [4.69, 9.17) is 0 Å². The number of amides is 2. The summed E-state index contributed by atoms with van der Waals surface area (Å²) >= 11 is 3.44. The van der Waals surface area contributed by atoms with Gasteiger partial charge in [0.2, 0.25) is 11.8 Å². The maximum absolute atomic E-state index is 13.0. The van der Waals surface area contributed by atoms with Crippen LogP contribution in [0.3, 0.4) is 0 Å². The predicted molar refractivity (Wildman–Crippen MR) is 88.5 cm³/mol. The second-order valence-electron chi connectivity index (χ2n) is 6.24. The van der Waals surface area contributed by atoms with E-state index in [1.165, 1.54) is 0 Å². The second kappa shape index (κ2) is 6.03. The van der Waals surface area contributed by atoms with Crippen molar-refractivity contribution in [3.8, 4) is 0 Å². The fraction of sp³-hybridized carbons (Fsp3) is 0.529. The zero-order valence-corrected chi connectivity index (χ0v) is 14.4. The molecular weight excluding hydrogens is 344 g/mol. The number of halogens is 1. The van der Waals surface area contributed by atoms with Gasteiger partial charge in [-0.15, -0.1) is 0 Å². The van der Waals surface area contributed by atoms with E-state index in [9.17, 15) is 9.59 Å². The van der Waals surface area contributed by atoms with Gasteiger partial charge in [-0.1, -0.05) is 28.1 Å². The predicted octanol–water partition coefficient (Wildman–Crippen LogP) is 2.56. The summed E-state index contributed by atoms with van der Waals surface area (Å²) in [5.41, 5.74) is 0.805. The molecule has 4 nitrogen and oxygen atoms in total. The third kappa shape index (κ3) is 2.91. The monoisotopic (exact) mass is 364 g/mol. The van der Waals surface area contributed by atoms with Crippen LogP contribution in [0, 0.1) is 0 Å². The van der Waals surface area contributed by atoms with Crippen LogP contribution in [0.4, 0.5) is 0 Å². The highest BCUT2D eigenvalue weighted by atomic mass is 79.9. The van der Waals surface area contributed by atoms with Crippen LogP contribution >= 0.6 is 15.9 Å². The van der Waals surface area contributed by atoms with Crippen LogP contribution in [-0.4, -0.2) is 47.8 Å². The highest BCUT2D eigenvalue weighted by Gasteiger charge is 2.52. The van der Waals surface area contributed by atoms with Gasteiger partial charge in [-0.2, -0.15) is 0 Å². The molecule has 0 atom stereocenters. The normalized spacial score (nSPS) is 20.5. The Morgan fingerprint density at radius 1 is 1.00 bits per heavy atom. The minimum Gasteiger partial charge on any atom is -0.341 e. The lowest BCUT2D eigenvalue weighted by molar-refractivity contribution is -0.134. The third-order valence-electron chi connectivity index (χ3n) is 4.78. The molecule has 1 aliphatic heterocycles. The molecule has 118 valence electrons. The fourth-order valence-corrected chi connectivity index (χ4v) is 3.52. The van der Waals surface area contributed by atoms with E-state index in [2.05, 4.69) is 28.1 Å². The summed E-state index contributed by atoms with van der Waals surface area (Å²) in [6.07, 6.45) is 2.72. The third-order valence-corrected chi connectivity index (χ3v) is 5.31. The van der Waals surface area contributed by atoms with Gasteiger partial charge in [0.05, 0.1) is 5.41 Å². The standard InChI is InChI=1S/C17H21BrN2O2/c1-13(21)19-9-2-10-20(12-11-19)16(22)17(7-8-17)14-3-5-15(18)6-4-14/h3-6H,2,7-12H2,1H3. The zero-order valence-electron chi connectivity index (χ0n) is 12.8. The van der Waals surface area contributed by atoms with Crippen molar-refractivity contribution in [1.82, 2.24) is 9.80 Å². The molecule has 3 rings (SSSR count). The zero-order chi connectivity index (χ0) is 15.7. The summed E-state index contributed by atoms with van der Waals surface area (Å²) in [5.74, 6) is 0.337. The lowest BCUT2D eigenvalue weighted by atomic mass is 9.94. The lowest BCUT2D eigenvalue weighted by Crippen LogP contribution is -2.42. The molecule has 1 saturated heterocycles. The fourth-order valence-electron chi connectivity index (χ4n) is 3.26. The van der Waals surface area contributed by atoms with Gasteiger partial charge in [0.15, 0.2) is 0 Å². The number of nitrogens with zero attached hydrogens (tertiary/aromatic N) is 2. The molecule has 0 bridgehead atoms. The van der Waals surface area contributed by atoms with Gasteiger partial charge in [-0.25, -0.2) is 0 Å². The first-order valence-electron chi connectivity index (χ1n) is 7.84. The summed E-state index contributed by atoms with van der Waals surface area (Å²) in [4.78, 5) is 28.3. The Kier molecular flexibility index (Phi) is 4.26. The molecule has 0 unspecified atom stereocenters. The van der Waals surface area contributed by atoms with Crippen molar-refractivity contribution < 1.29 is 9.59 Å². The minimum atomic E-state index is -0.313. The smallest absolute Gasteiger partial charge is 0.233 e. The van der Waals surface area contributed by atoms with Crippen LogP contribution in [0.25, 0.3) is 0 Å². The van der Waals surface area contributed by atoms with Crippen molar-refractivity contribution in [1.29, 1.82) is 0 Å². The maximum Gasteiger partial charge on any atom is 0.233 e. The first-order valence-corrected chi connectivity index (χ1v) is 8.63. The van der Waals surface area contributed by atoms with Crippen molar-refractivity contribution in [3.63, 3.8) is 0 Å². The average Bonchev–Trinajstić information content (AvgIpc) is 3.31. The average molecular weight is 365 g/mol. The van der Waals surface area contributed by atoms with Crippen molar-refractivity contribution in [2.75, 3.05) is 26.2 Å². The van der Waals surface area contributed by atoms with Gasteiger partial charge in [-0.05, 0) is 37.0 Å². The molecule has 0 spiro atoms. The summed E-state index contributed by atoms with van der Waals surface area (Å²) in [6, 6.07) is 8.11. The Labute approximate surface area is 139 Å². The molecule has 0 radical (unpaired) electrons. The van der Waals surface area contributed by atoms with Gasteiger partial charge in [0.25, 0.3) is 0 Å². The van der Waals surface area contributed by atoms with E-state index in [-0.39, 0.29) is 17.2 Å². The summed E-state index contributed by atoms with van der Waals surface area (Å²) in [5, 5.41) is 0. The van der Waals surface area contributed by atoms with Crippen LogP contribution < -0.4 is 0 Å². The molecule has 1 heterocycles. The van der Waals surface area contributed by atoms with Gasteiger partial charge in [-0.3, -0.25) is 9.59 Å². The quantitative estimate of drug-likeness (QED) is 0.808. The molecule has 1 aliphatic carbocycles. The SMILES string of the molecule is CC(=O)N1CCCN(C(=O)C2(c3ccc(Br)cc3)CC2)CC1. The van der Waals surface area contributed by atoms with Gasteiger partial charge < -0.3 is 9.80 Å². The Morgan fingerprint density at radius 3 is 2.18 bits per heavy atom. The molecule has 5 heteroatoms. The Morgan fingerprint density at radius 2 is 1.59 bits per heavy atom. The topological polar surface area (TPSA) is 40.6 Å². The van der Waals surface area contributed by atoms with Crippen molar-refractivity contribution in [2.24, 2.45) is 0 Å². The number of hydrogen-bond acceptors (Lipinski definition) is 2. The summed E-state index contributed by atoms with van der Waals surface area (Å²) in [6.45, 7) is 4.40. The van der Waals surface area contributed by atoms with Crippen LogP contribution in [0.1, 0.15) is 31.7 Å². The Balaban J connectivity index is 1.73. The van der Waals surface area contributed by atoms with E-state index in [0.29, 0.717) is 13.1 Å². The molecule has 22 heavy (non-hydrogen) atoms. The molecule has 2 aliphatic rings. The van der Waals surface area contributed by atoms with Crippen LogP contribution in [0.15, 0.2) is 28.7 Å². The number of carbonyl (C=O) groups is 2. The molecule has 1 aromatic rings. The molecule has 2 amide bonds. The van der Waals surface area contributed by atoms with E-state index >= 15 is 0 Å². The van der Waals surface area contributed by atoms with Crippen molar-refractivity contribution in [3.05, 3.63) is 34.3 Å². The van der Waals surface area contributed by atoms with Gasteiger partial charge >= 0.3 is 0 Å². The molecule has 0 N–H and O–H groups in total. The van der Waals surface area contributed by atoms with E-state index in [1.807, 2.05) is 21.9 Å². The first-order chi connectivity index (χ1) is 10.5. The van der Waals surface area contributed by atoms with Crippen LogP contribution in [0.5, 0.6) is 0 Å². The van der Waals surface area contributed by atoms with Crippen LogP contribution in [0.2, 0.25) is 0 Å². The molecule has 1 aromatic carbocycles. The molecular formula is C17H21BrN2O2. The highest BCUT2D eigenvalue weighted by Crippen LogP contribution is 2.49. The highest BCUT2D eigenvalue weighted by molar-refractivity contribution is 9.10. The van der Waals surface area contributed by atoms with Crippen LogP contribution in [-0.2, 0) is 15.0 Å². The number of hydrogen-bond donors (Lipinski definition) is 0. The lowest BCUT2D eigenvalue weighted by Gasteiger charge is -2.26. The minimum absolute atomic E-state index is 0.100. The van der Waals surface area contributed by atoms with E-state index < -0.39 is 0 Å². The number of carbonyl (C=O) groups excluding carboxylic acids is 2. The molecule has 1 saturated carbocycles. The largest absolute Gasteiger partial charge is 0.341 e. The summed E-state index contributed by atoms with van der Waals surface area (Å²) < 4.78 is 1.03. The Hall–Kier alpha value is -1.36. The van der Waals surface area contributed by atoms with E-state index in [0.717, 1.165) is 42.4 Å². The maximum atomic E-state index is 13.0. The molecule has 2 fully saturated rings. The summed E-state index contributed by atoms with van der Waals surface area (Å²) in [7, 11) is 0. The molecule has 0 aromatic heterocycles. The second-order valence-corrected chi connectivity index (χ2v) is 7.16. The Bertz CT molecular complexity index is 581. The first kappa shape index (κ1) is 15.5.